The van der Waals surface area contributed by atoms with Gasteiger partial charge in [0.15, 0.2) is 0 Å². The Morgan fingerprint density at radius 1 is 1.20 bits per heavy atom. The average Bonchev–Trinajstić information content (AvgIpc) is 2.75. The Balaban J connectivity index is 2.70. The number of halogens is 2. The number of rotatable bonds is 8. The number of carbonyl (C=O) groups excluding carboxylic acids is 1. The maximum atomic E-state index is 12.4. The molecular weight excluding hydrogens is 272 g/mol. The van der Waals surface area contributed by atoms with Crippen molar-refractivity contribution >= 4 is 11.9 Å². The Kier molecular flexibility index (Phi) is 6.32. The zero-order valence-electron chi connectivity index (χ0n) is 11.4. The van der Waals surface area contributed by atoms with Gasteiger partial charge in [0.2, 0.25) is 5.91 Å². The van der Waals surface area contributed by atoms with E-state index >= 15 is 0 Å². The molecular formula is C13H21F2NO4. The number of aliphatic carboxylic acids is 1. The summed E-state index contributed by atoms with van der Waals surface area (Å²) in [7, 11) is 0. The summed E-state index contributed by atoms with van der Waals surface area (Å²) in [6, 6.07) is 0. The molecule has 0 aromatic heterocycles. The van der Waals surface area contributed by atoms with E-state index in [4.69, 9.17) is 10.2 Å². The summed E-state index contributed by atoms with van der Waals surface area (Å²) in [6.45, 7) is -1.25. The summed E-state index contributed by atoms with van der Waals surface area (Å²) in [4.78, 5) is 24.0. The predicted octanol–water partition coefficient (Wildman–Crippen LogP) is 1.50. The van der Waals surface area contributed by atoms with Crippen molar-refractivity contribution in [3.8, 4) is 0 Å². The molecule has 0 bridgehead atoms. The van der Waals surface area contributed by atoms with Crippen LogP contribution in [0.4, 0.5) is 8.78 Å². The lowest BCUT2D eigenvalue weighted by Crippen LogP contribution is -2.40. The Labute approximate surface area is 116 Å². The smallest absolute Gasteiger partial charge is 0.303 e. The van der Waals surface area contributed by atoms with Crippen LogP contribution >= 0.6 is 0 Å². The van der Waals surface area contributed by atoms with E-state index < -0.39 is 30.3 Å². The summed E-state index contributed by atoms with van der Waals surface area (Å²) < 4.78 is 24.8. The SMILES string of the molecule is O=C(O)CC1(CC(=O)N(CCO)CC(F)F)CCCC1. The zero-order chi connectivity index (χ0) is 15.2. The number of carboxylic acids is 1. The van der Waals surface area contributed by atoms with Crippen LogP contribution in [0.5, 0.6) is 0 Å². The Morgan fingerprint density at radius 3 is 2.25 bits per heavy atom. The first-order valence-corrected chi connectivity index (χ1v) is 6.77. The van der Waals surface area contributed by atoms with Gasteiger partial charge < -0.3 is 15.1 Å². The van der Waals surface area contributed by atoms with Crippen molar-refractivity contribution in [2.45, 2.75) is 45.0 Å². The summed E-state index contributed by atoms with van der Waals surface area (Å²) >= 11 is 0. The van der Waals surface area contributed by atoms with Crippen LogP contribution in [0.3, 0.4) is 0 Å². The van der Waals surface area contributed by atoms with E-state index in [1.165, 1.54) is 0 Å². The minimum absolute atomic E-state index is 0.0357. The van der Waals surface area contributed by atoms with E-state index in [1.807, 2.05) is 0 Å². The van der Waals surface area contributed by atoms with Crippen molar-refractivity contribution in [1.82, 2.24) is 4.90 Å². The molecule has 0 aliphatic heterocycles. The van der Waals surface area contributed by atoms with Gasteiger partial charge >= 0.3 is 5.97 Å². The van der Waals surface area contributed by atoms with Gasteiger partial charge in [0.05, 0.1) is 19.6 Å². The normalized spacial score (nSPS) is 17.4. The fourth-order valence-corrected chi connectivity index (χ4v) is 2.90. The van der Waals surface area contributed by atoms with Crippen LogP contribution in [0.2, 0.25) is 0 Å². The van der Waals surface area contributed by atoms with E-state index in [9.17, 15) is 18.4 Å². The van der Waals surface area contributed by atoms with Crippen molar-refractivity contribution in [3.63, 3.8) is 0 Å². The minimum Gasteiger partial charge on any atom is -0.481 e. The van der Waals surface area contributed by atoms with Crippen LogP contribution in [0.15, 0.2) is 0 Å². The fourth-order valence-electron chi connectivity index (χ4n) is 2.90. The molecule has 1 amide bonds. The van der Waals surface area contributed by atoms with Crippen LogP contribution in [-0.2, 0) is 9.59 Å². The second-order valence-corrected chi connectivity index (χ2v) is 5.41. The van der Waals surface area contributed by atoms with Crippen LogP contribution in [-0.4, -0.2) is 53.1 Å². The Bertz CT molecular complexity index is 343. The predicted molar refractivity (Wildman–Crippen MR) is 67.4 cm³/mol. The number of aliphatic hydroxyl groups is 1. The van der Waals surface area contributed by atoms with Gasteiger partial charge in [0, 0.05) is 13.0 Å². The van der Waals surface area contributed by atoms with Gasteiger partial charge in [-0.05, 0) is 18.3 Å². The molecule has 5 nitrogen and oxygen atoms in total. The summed E-state index contributed by atoms with van der Waals surface area (Å²) in [5, 5.41) is 17.8. The first kappa shape index (κ1) is 16.8. The molecule has 0 heterocycles. The van der Waals surface area contributed by atoms with Crippen molar-refractivity contribution in [1.29, 1.82) is 0 Å². The highest BCUT2D eigenvalue weighted by Gasteiger charge is 2.39. The number of amides is 1. The molecule has 0 radical (unpaired) electrons. The molecule has 0 aromatic rings. The largest absolute Gasteiger partial charge is 0.481 e. The first-order chi connectivity index (χ1) is 9.38. The third-order valence-electron chi connectivity index (χ3n) is 3.80. The first-order valence-electron chi connectivity index (χ1n) is 6.77. The number of nitrogens with zero attached hydrogens (tertiary/aromatic N) is 1. The highest BCUT2D eigenvalue weighted by Crippen LogP contribution is 2.44. The molecule has 7 heteroatoms. The molecule has 2 N–H and O–H groups in total. The number of hydrogen-bond donors (Lipinski definition) is 2. The average molecular weight is 293 g/mol. The summed E-state index contributed by atoms with van der Waals surface area (Å²) in [5.41, 5.74) is -0.612. The monoisotopic (exact) mass is 293 g/mol. The van der Waals surface area contributed by atoms with Crippen LogP contribution in [0.25, 0.3) is 0 Å². The highest BCUT2D eigenvalue weighted by molar-refractivity contribution is 5.78. The van der Waals surface area contributed by atoms with Crippen molar-refractivity contribution in [2.75, 3.05) is 19.7 Å². The third-order valence-corrected chi connectivity index (χ3v) is 3.80. The number of hydrogen-bond acceptors (Lipinski definition) is 3. The quantitative estimate of drug-likeness (QED) is 0.711. The van der Waals surface area contributed by atoms with E-state index in [0.29, 0.717) is 12.8 Å². The molecule has 0 spiro atoms. The van der Waals surface area contributed by atoms with Crippen LogP contribution < -0.4 is 0 Å². The lowest BCUT2D eigenvalue weighted by Gasteiger charge is -2.30. The molecule has 1 aliphatic carbocycles. The van der Waals surface area contributed by atoms with Gasteiger partial charge in [-0.25, -0.2) is 8.78 Å². The van der Waals surface area contributed by atoms with E-state index in [1.54, 1.807) is 0 Å². The van der Waals surface area contributed by atoms with E-state index in [2.05, 4.69) is 0 Å². The van der Waals surface area contributed by atoms with Crippen molar-refractivity contribution in [2.24, 2.45) is 5.41 Å². The second kappa shape index (κ2) is 7.52. The molecule has 0 saturated heterocycles. The summed E-state index contributed by atoms with van der Waals surface area (Å²) in [5.74, 6) is -1.47. The van der Waals surface area contributed by atoms with E-state index in [0.717, 1.165) is 17.7 Å². The number of alkyl halides is 2. The maximum Gasteiger partial charge on any atom is 0.303 e. The van der Waals surface area contributed by atoms with Gasteiger partial charge in [-0.15, -0.1) is 0 Å². The number of carbonyl (C=O) groups is 2. The Hall–Kier alpha value is -1.24. The Morgan fingerprint density at radius 2 is 1.80 bits per heavy atom. The van der Waals surface area contributed by atoms with Gasteiger partial charge in [-0.2, -0.15) is 0 Å². The van der Waals surface area contributed by atoms with Gasteiger partial charge in [0.25, 0.3) is 6.43 Å². The highest BCUT2D eigenvalue weighted by atomic mass is 19.3. The van der Waals surface area contributed by atoms with Crippen LogP contribution in [0, 0.1) is 5.41 Å². The molecule has 1 saturated carbocycles. The molecule has 1 fully saturated rings. The lowest BCUT2D eigenvalue weighted by atomic mass is 9.79. The van der Waals surface area contributed by atoms with Gasteiger partial charge in [0.1, 0.15) is 0 Å². The minimum atomic E-state index is -2.66. The van der Waals surface area contributed by atoms with Crippen molar-refractivity contribution in [3.05, 3.63) is 0 Å². The maximum absolute atomic E-state index is 12.4. The van der Waals surface area contributed by atoms with Crippen LogP contribution in [0.1, 0.15) is 38.5 Å². The number of carboxylic acid groups (broad SMARTS) is 1. The van der Waals surface area contributed by atoms with Gasteiger partial charge in [-0.1, -0.05) is 12.8 Å². The molecule has 20 heavy (non-hydrogen) atoms. The standard InChI is InChI=1S/C13H21F2NO4/c14-10(15)9-16(5-6-17)11(18)7-13(8-12(19)20)3-1-2-4-13/h10,17H,1-9H2,(H,19,20). The number of aliphatic hydroxyl groups excluding tert-OH is 1. The molecule has 1 rings (SSSR count). The second-order valence-electron chi connectivity index (χ2n) is 5.41. The van der Waals surface area contributed by atoms with E-state index in [-0.39, 0.29) is 26.0 Å². The third kappa shape index (κ3) is 5.03. The molecule has 116 valence electrons. The molecule has 0 aromatic carbocycles. The topological polar surface area (TPSA) is 77.8 Å². The molecule has 0 unspecified atom stereocenters. The zero-order valence-corrected chi connectivity index (χ0v) is 11.4. The lowest BCUT2D eigenvalue weighted by molar-refractivity contribution is -0.142. The summed E-state index contributed by atoms with van der Waals surface area (Å²) in [6.07, 6.45) is 0.167. The molecule has 0 atom stereocenters. The van der Waals surface area contributed by atoms with Gasteiger partial charge in [-0.3, -0.25) is 9.59 Å². The van der Waals surface area contributed by atoms with Crippen molar-refractivity contribution < 1.29 is 28.6 Å². The fraction of sp³-hybridized carbons (Fsp3) is 0.846. The molecule has 1 aliphatic rings.